The molecule has 0 fully saturated rings. The molecule has 0 aliphatic heterocycles. The molecule has 25 heavy (non-hydrogen) atoms. The van der Waals surface area contributed by atoms with Gasteiger partial charge in [0.1, 0.15) is 0 Å². The Labute approximate surface area is 155 Å². The van der Waals surface area contributed by atoms with Gasteiger partial charge in [-0.2, -0.15) is 0 Å². The fraction of sp³-hybridized carbons (Fsp3) is 0.520. The lowest BCUT2D eigenvalue weighted by molar-refractivity contribution is 0.469. The van der Waals surface area contributed by atoms with Crippen molar-refractivity contribution in [2.24, 2.45) is 0 Å². The Balaban J connectivity index is 1.84. The van der Waals surface area contributed by atoms with Gasteiger partial charge in [-0.25, -0.2) is 0 Å². The summed E-state index contributed by atoms with van der Waals surface area (Å²) in [6.45, 7) is 4.71. The molecule has 2 aromatic rings. The van der Waals surface area contributed by atoms with Gasteiger partial charge in [-0.1, -0.05) is 132 Å². The number of rotatable bonds is 12. The number of benzene rings is 2. The van der Waals surface area contributed by atoms with Crippen LogP contribution in [-0.2, 0) is 5.41 Å². The second-order valence-corrected chi connectivity index (χ2v) is 7.64. The molecule has 2 rings (SSSR count). The van der Waals surface area contributed by atoms with Gasteiger partial charge in [0.2, 0.25) is 0 Å². The Bertz CT molecular complexity index is 516. The molecule has 0 nitrogen and oxygen atoms in total. The van der Waals surface area contributed by atoms with Crippen molar-refractivity contribution in [3.8, 4) is 0 Å². The van der Waals surface area contributed by atoms with Crippen molar-refractivity contribution in [2.75, 3.05) is 0 Å². The smallest absolute Gasteiger partial charge is 0.0174 e. The first-order valence-corrected chi connectivity index (χ1v) is 10.4. The van der Waals surface area contributed by atoms with Crippen LogP contribution in [0, 0.1) is 0 Å². The van der Waals surface area contributed by atoms with Crippen LogP contribution in [0.25, 0.3) is 0 Å². The summed E-state index contributed by atoms with van der Waals surface area (Å²) in [4.78, 5) is 0. The van der Waals surface area contributed by atoms with Crippen LogP contribution in [0.3, 0.4) is 0 Å². The molecular weight excluding hydrogens is 300 g/mol. The second-order valence-electron chi connectivity index (χ2n) is 7.64. The molecule has 0 bridgehead atoms. The first-order chi connectivity index (χ1) is 12.3. The molecule has 0 amide bonds. The second kappa shape index (κ2) is 11.1. The predicted octanol–water partition coefficient (Wildman–Crippen LogP) is 7.91. The van der Waals surface area contributed by atoms with E-state index in [-0.39, 0.29) is 5.41 Å². The highest BCUT2D eigenvalue weighted by atomic mass is 14.3. The number of hydrogen-bond donors (Lipinski definition) is 0. The Morgan fingerprint density at radius 3 is 1.40 bits per heavy atom. The van der Waals surface area contributed by atoms with Crippen molar-refractivity contribution >= 4 is 0 Å². The Kier molecular flexibility index (Phi) is 8.80. The van der Waals surface area contributed by atoms with Crippen LogP contribution in [0.4, 0.5) is 0 Å². The maximum atomic E-state index is 2.42. The summed E-state index contributed by atoms with van der Waals surface area (Å²) in [5, 5.41) is 0. The third-order valence-corrected chi connectivity index (χ3v) is 5.60. The van der Waals surface area contributed by atoms with Crippen molar-refractivity contribution in [3.63, 3.8) is 0 Å². The lowest BCUT2D eigenvalue weighted by atomic mass is 9.72. The Morgan fingerprint density at radius 1 is 0.560 bits per heavy atom. The number of unbranched alkanes of at least 4 members (excludes halogenated alkanes) is 8. The lowest BCUT2D eigenvalue weighted by Gasteiger charge is -2.31. The van der Waals surface area contributed by atoms with Gasteiger partial charge in [0.25, 0.3) is 0 Å². The first kappa shape index (κ1) is 19.8. The fourth-order valence-corrected chi connectivity index (χ4v) is 3.86. The van der Waals surface area contributed by atoms with Crippen molar-refractivity contribution in [1.82, 2.24) is 0 Å². The zero-order valence-electron chi connectivity index (χ0n) is 16.3. The van der Waals surface area contributed by atoms with E-state index >= 15 is 0 Å². The molecule has 0 N–H and O–H groups in total. The van der Waals surface area contributed by atoms with E-state index in [4.69, 9.17) is 0 Å². The van der Waals surface area contributed by atoms with Gasteiger partial charge in [0.05, 0.1) is 0 Å². The van der Waals surface area contributed by atoms with E-state index in [0.717, 1.165) is 0 Å². The molecule has 0 heteroatoms. The highest BCUT2D eigenvalue weighted by molar-refractivity contribution is 5.38. The van der Waals surface area contributed by atoms with Crippen molar-refractivity contribution in [1.29, 1.82) is 0 Å². The molecule has 0 saturated carbocycles. The van der Waals surface area contributed by atoms with E-state index in [1.165, 1.54) is 75.3 Å². The first-order valence-electron chi connectivity index (χ1n) is 10.4. The van der Waals surface area contributed by atoms with Crippen LogP contribution in [0.2, 0.25) is 0 Å². The summed E-state index contributed by atoms with van der Waals surface area (Å²) in [6, 6.07) is 22.1. The van der Waals surface area contributed by atoms with E-state index < -0.39 is 0 Å². The molecule has 0 radical (unpaired) electrons. The highest BCUT2D eigenvalue weighted by Crippen LogP contribution is 2.36. The molecule has 0 unspecified atom stereocenters. The summed E-state index contributed by atoms with van der Waals surface area (Å²) in [6.07, 6.45) is 13.8. The zero-order chi connectivity index (χ0) is 17.8. The molecule has 0 saturated heterocycles. The molecule has 0 aliphatic rings. The SMILES string of the molecule is CCCCCCCCCCCC(C)(c1ccccc1)c1ccccc1. The molecule has 0 spiro atoms. The highest BCUT2D eigenvalue weighted by Gasteiger charge is 2.27. The average Bonchev–Trinajstić information content (AvgIpc) is 2.68. The normalized spacial score (nSPS) is 11.6. The van der Waals surface area contributed by atoms with Gasteiger partial charge in [0, 0.05) is 5.41 Å². The quantitative estimate of drug-likeness (QED) is 0.345. The van der Waals surface area contributed by atoms with Crippen LogP contribution >= 0.6 is 0 Å². The molecule has 0 aromatic heterocycles. The van der Waals surface area contributed by atoms with E-state index in [9.17, 15) is 0 Å². The summed E-state index contributed by atoms with van der Waals surface area (Å²) < 4.78 is 0. The van der Waals surface area contributed by atoms with Gasteiger partial charge >= 0.3 is 0 Å². The minimum atomic E-state index is 0.129. The minimum absolute atomic E-state index is 0.129. The summed E-state index contributed by atoms with van der Waals surface area (Å²) in [5.41, 5.74) is 3.02. The van der Waals surface area contributed by atoms with Gasteiger partial charge < -0.3 is 0 Å². The molecular formula is C25H36. The number of hydrogen-bond acceptors (Lipinski definition) is 0. The summed E-state index contributed by atoms with van der Waals surface area (Å²) >= 11 is 0. The van der Waals surface area contributed by atoms with Crippen molar-refractivity contribution in [3.05, 3.63) is 71.8 Å². The van der Waals surface area contributed by atoms with E-state index in [2.05, 4.69) is 74.5 Å². The predicted molar refractivity (Wildman–Crippen MR) is 111 cm³/mol. The fourth-order valence-electron chi connectivity index (χ4n) is 3.86. The van der Waals surface area contributed by atoms with Gasteiger partial charge in [-0.3, -0.25) is 0 Å². The van der Waals surface area contributed by atoms with Crippen LogP contribution < -0.4 is 0 Å². The van der Waals surface area contributed by atoms with E-state index in [1.807, 2.05) is 0 Å². The molecule has 0 atom stereocenters. The van der Waals surface area contributed by atoms with Gasteiger partial charge in [-0.05, 0) is 17.5 Å². The third-order valence-electron chi connectivity index (χ3n) is 5.60. The van der Waals surface area contributed by atoms with Crippen LogP contribution in [-0.4, -0.2) is 0 Å². The zero-order valence-corrected chi connectivity index (χ0v) is 16.3. The molecule has 2 aromatic carbocycles. The topological polar surface area (TPSA) is 0 Å². The van der Waals surface area contributed by atoms with Crippen LogP contribution in [0.1, 0.15) is 89.2 Å². The Morgan fingerprint density at radius 2 is 0.960 bits per heavy atom. The van der Waals surface area contributed by atoms with Gasteiger partial charge in [-0.15, -0.1) is 0 Å². The monoisotopic (exact) mass is 336 g/mol. The van der Waals surface area contributed by atoms with Gasteiger partial charge in [0.15, 0.2) is 0 Å². The maximum absolute atomic E-state index is 2.42. The van der Waals surface area contributed by atoms with Crippen molar-refractivity contribution in [2.45, 2.75) is 83.5 Å². The third kappa shape index (κ3) is 6.34. The molecule has 0 heterocycles. The standard InChI is InChI=1S/C25H36/c1-3-4-5-6-7-8-9-10-17-22-25(2,23-18-13-11-14-19-23)24-20-15-12-16-21-24/h11-16,18-21H,3-10,17,22H2,1-2H3. The summed E-state index contributed by atoms with van der Waals surface area (Å²) in [7, 11) is 0. The maximum Gasteiger partial charge on any atom is 0.0174 e. The van der Waals surface area contributed by atoms with E-state index in [0.29, 0.717) is 0 Å². The molecule has 0 aliphatic carbocycles. The van der Waals surface area contributed by atoms with E-state index in [1.54, 1.807) is 0 Å². The van der Waals surface area contributed by atoms with Crippen LogP contribution in [0.15, 0.2) is 60.7 Å². The van der Waals surface area contributed by atoms with Crippen molar-refractivity contribution < 1.29 is 0 Å². The molecule has 136 valence electrons. The lowest BCUT2D eigenvalue weighted by Crippen LogP contribution is -2.23. The largest absolute Gasteiger partial charge is 0.0654 e. The Hall–Kier alpha value is -1.56. The minimum Gasteiger partial charge on any atom is -0.0654 e. The average molecular weight is 337 g/mol. The summed E-state index contributed by atoms with van der Waals surface area (Å²) in [5.74, 6) is 0. The van der Waals surface area contributed by atoms with Crippen LogP contribution in [0.5, 0.6) is 0 Å².